The van der Waals surface area contributed by atoms with E-state index in [9.17, 15) is 14.4 Å². The van der Waals surface area contributed by atoms with Gasteiger partial charge >= 0.3 is 0 Å². The number of nitriles is 1. The average molecular weight is 512 g/mol. The van der Waals surface area contributed by atoms with E-state index in [1.54, 1.807) is 6.07 Å². The summed E-state index contributed by atoms with van der Waals surface area (Å²) in [6.45, 7) is 13.7. The highest BCUT2D eigenvalue weighted by Gasteiger charge is 2.27. The van der Waals surface area contributed by atoms with Crippen molar-refractivity contribution in [3.05, 3.63) is 40.9 Å². The summed E-state index contributed by atoms with van der Waals surface area (Å²) in [7, 11) is 0. The Morgan fingerprint density at radius 3 is 2.50 bits per heavy atom. The lowest BCUT2D eigenvalue weighted by Crippen LogP contribution is -2.54. The highest BCUT2D eigenvalue weighted by Crippen LogP contribution is 2.27. The highest BCUT2D eigenvalue weighted by molar-refractivity contribution is 7.18. The van der Waals surface area contributed by atoms with Crippen LogP contribution in [-0.4, -0.2) is 41.3 Å². The van der Waals surface area contributed by atoms with E-state index < -0.39 is 11.9 Å². The summed E-state index contributed by atoms with van der Waals surface area (Å²) in [5.74, 6) is -0.647. The largest absolute Gasteiger partial charge is 0.350 e. The summed E-state index contributed by atoms with van der Waals surface area (Å²) in [4.78, 5) is 42.5. The first kappa shape index (κ1) is 29.0. The van der Waals surface area contributed by atoms with Gasteiger partial charge in [0.05, 0.1) is 15.2 Å². The van der Waals surface area contributed by atoms with E-state index in [2.05, 4.69) is 48.5 Å². The molecule has 3 N–H and O–H groups in total. The molecule has 36 heavy (non-hydrogen) atoms. The van der Waals surface area contributed by atoms with Crippen molar-refractivity contribution in [1.82, 2.24) is 20.9 Å². The van der Waals surface area contributed by atoms with Crippen molar-refractivity contribution in [2.45, 2.75) is 78.3 Å². The Morgan fingerprint density at radius 2 is 1.89 bits per heavy atom. The SMILES string of the molecule is C=C(C#N)C(=O)NC[C@@H](NC(=O)[C@H](Cc1nc2ccc(C(C)C)cc2s1)NC(=O)CCC)C(C)CC. The summed E-state index contributed by atoms with van der Waals surface area (Å²) in [5, 5.41) is 18.2. The van der Waals surface area contributed by atoms with Gasteiger partial charge in [-0.2, -0.15) is 5.26 Å². The average Bonchev–Trinajstić information content (AvgIpc) is 3.26. The van der Waals surface area contributed by atoms with Crippen molar-refractivity contribution in [2.75, 3.05) is 6.54 Å². The molecule has 0 fully saturated rings. The molecule has 1 unspecified atom stereocenters. The van der Waals surface area contributed by atoms with Gasteiger partial charge in [0.15, 0.2) is 0 Å². The van der Waals surface area contributed by atoms with Crippen LogP contribution in [0.2, 0.25) is 0 Å². The third-order valence-electron chi connectivity index (χ3n) is 6.18. The number of aromatic nitrogens is 1. The predicted molar refractivity (Wildman–Crippen MR) is 143 cm³/mol. The molecule has 0 aliphatic heterocycles. The number of carbonyl (C=O) groups is 3. The van der Waals surface area contributed by atoms with Crippen molar-refractivity contribution in [1.29, 1.82) is 5.26 Å². The number of hydrogen-bond acceptors (Lipinski definition) is 6. The number of carbonyl (C=O) groups excluding carboxylic acids is 3. The van der Waals surface area contributed by atoms with E-state index in [1.165, 1.54) is 16.9 Å². The van der Waals surface area contributed by atoms with Gasteiger partial charge in [-0.15, -0.1) is 11.3 Å². The van der Waals surface area contributed by atoms with E-state index in [-0.39, 0.29) is 42.3 Å². The highest BCUT2D eigenvalue weighted by atomic mass is 32.1. The van der Waals surface area contributed by atoms with Crippen LogP contribution in [0.25, 0.3) is 10.2 Å². The lowest BCUT2D eigenvalue weighted by atomic mass is 9.98. The summed E-state index contributed by atoms with van der Waals surface area (Å²) >= 11 is 1.52. The maximum atomic E-state index is 13.4. The zero-order valence-electron chi connectivity index (χ0n) is 21.8. The summed E-state index contributed by atoms with van der Waals surface area (Å²) in [5.41, 5.74) is 1.91. The minimum Gasteiger partial charge on any atom is -0.350 e. The Kier molecular flexibility index (Phi) is 11.1. The first-order valence-electron chi connectivity index (χ1n) is 12.5. The van der Waals surface area contributed by atoms with Gasteiger partial charge in [0.1, 0.15) is 17.7 Å². The van der Waals surface area contributed by atoms with Crippen LogP contribution in [-0.2, 0) is 20.8 Å². The molecule has 194 valence electrons. The second-order valence-electron chi connectivity index (χ2n) is 9.36. The number of fused-ring (bicyclic) bond motifs is 1. The summed E-state index contributed by atoms with van der Waals surface area (Å²) in [6, 6.07) is 6.73. The monoisotopic (exact) mass is 511 g/mol. The van der Waals surface area contributed by atoms with Gasteiger partial charge < -0.3 is 16.0 Å². The maximum absolute atomic E-state index is 13.4. The molecule has 0 spiro atoms. The Hall–Kier alpha value is -3.25. The fourth-order valence-electron chi connectivity index (χ4n) is 3.64. The summed E-state index contributed by atoms with van der Waals surface area (Å²) < 4.78 is 1.05. The first-order chi connectivity index (χ1) is 17.1. The van der Waals surface area contributed by atoms with E-state index in [4.69, 9.17) is 10.2 Å². The normalized spacial score (nSPS) is 13.5. The van der Waals surface area contributed by atoms with Crippen molar-refractivity contribution in [3.8, 4) is 6.07 Å². The topological polar surface area (TPSA) is 124 Å². The number of nitrogens with one attached hydrogen (secondary N) is 3. The van der Waals surface area contributed by atoms with Crippen molar-refractivity contribution in [2.24, 2.45) is 5.92 Å². The zero-order valence-corrected chi connectivity index (χ0v) is 22.6. The third kappa shape index (κ3) is 8.16. The van der Waals surface area contributed by atoms with Crippen LogP contribution in [0.4, 0.5) is 0 Å². The standard InChI is InChI=1S/C27H37N5O3S/c1-7-9-24(33)30-21(13-25-31-20-11-10-19(16(3)4)12-23(20)36-25)27(35)32-22(17(5)8-2)15-29-26(34)18(6)14-28/h10-12,16-17,21-22H,6-9,13,15H2,1-5H3,(H,29,34)(H,30,33)(H,32,35)/t17?,21-,22+/m0/s1. The van der Waals surface area contributed by atoms with E-state index in [0.717, 1.165) is 21.6 Å². The molecular weight excluding hydrogens is 474 g/mol. The Morgan fingerprint density at radius 1 is 1.17 bits per heavy atom. The van der Waals surface area contributed by atoms with Crippen LogP contribution < -0.4 is 16.0 Å². The molecule has 0 bridgehead atoms. The number of rotatable bonds is 13. The molecule has 1 aromatic carbocycles. The van der Waals surface area contributed by atoms with Crippen molar-refractivity contribution >= 4 is 39.3 Å². The number of hydrogen-bond donors (Lipinski definition) is 3. The molecule has 2 aromatic rings. The fraction of sp³-hybridized carbons (Fsp3) is 0.519. The summed E-state index contributed by atoms with van der Waals surface area (Å²) in [6.07, 6.45) is 2.03. The quantitative estimate of drug-likeness (QED) is 0.277. The van der Waals surface area contributed by atoms with Crippen LogP contribution in [0.5, 0.6) is 0 Å². The van der Waals surface area contributed by atoms with E-state index in [0.29, 0.717) is 18.8 Å². The van der Waals surface area contributed by atoms with Crippen LogP contribution in [0.3, 0.4) is 0 Å². The number of thiazole rings is 1. The van der Waals surface area contributed by atoms with Gasteiger partial charge in [0, 0.05) is 25.4 Å². The molecule has 0 radical (unpaired) electrons. The molecule has 9 heteroatoms. The van der Waals surface area contributed by atoms with Crippen LogP contribution in [0.15, 0.2) is 30.4 Å². The molecule has 8 nitrogen and oxygen atoms in total. The Bertz CT molecular complexity index is 1130. The second-order valence-corrected chi connectivity index (χ2v) is 10.5. The Balaban J connectivity index is 2.23. The van der Waals surface area contributed by atoms with Gasteiger partial charge in [-0.25, -0.2) is 4.98 Å². The predicted octanol–water partition coefficient (Wildman–Crippen LogP) is 3.97. The Labute approximate surface area is 217 Å². The van der Waals surface area contributed by atoms with Crippen molar-refractivity contribution < 1.29 is 14.4 Å². The molecule has 1 heterocycles. The lowest BCUT2D eigenvalue weighted by Gasteiger charge is -2.27. The van der Waals surface area contributed by atoms with E-state index in [1.807, 2.05) is 26.8 Å². The lowest BCUT2D eigenvalue weighted by molar-refractivity contribution is -0.129. The fourth-order valence-corrected chi connectivity index (χ4v) is 4.70. The molecule has 3 atom stereocenters. The molecule has 1 aromatic heterocycles. The number of benzene rings is 1. The number of nitrogens with zero attached hydrogens (tertiary/aromatic N) is 2. The van der Waals surface area contributed by atoms with Gasteiger partial charge in [0.2, 0.25) is 11.8 Å². The maximum Gasteiger partial charge on any atom is 0.261 e. The minimum absolute atomic E-state index is 0.0495. The molecule has 2 rings (SSSR count). The van der Waals surface area contributed by atoms with E-state index >= 15 is 0 Å². The van der Waals surface area contributed by atoms with Crippen LogP contribution in [0.1, 0.15) is 70.4 Å². The number of amides is 3. The molecule has 0 saturated carbocycles. The molecule has 0 aliphatic carbocycles. The second kappa shape index (κ2) is 13.7. The third-order valence-corrected chi connectivity index (χ3v) is 7.22. The molecule has 0 saturated heterocycles. The van der Waals surface area contributed by atoms with Gasteiger partial charge in [-0.05, 0) is 36.0 Å². The van der Waals surface area contributed by atoms with Gasteiger partial charge in [0.25, 0.3) is 5.91 Å². The van der Waals surface area contributed by atoms with Gasteiger partial charge in [-0.3, -0.25) is 14.4 Å². The molecule has 0 aliphatic rings. The van der Waals surface area contributed by atoms with Crippen LogP contribution in [0, 0.1) is 17.2 Å². The van der Waals surface area contributed by atoms with Crippen molar-refractivity contribution in [3.63, 3.8) is 0 Å². The molecular formula is C27H37N5O3S. The minimum atomic E-state index is -0.800. The smallest absolute Gasteiger partial charge is 0.261 e. The molecule has 3 amide bonds. The first-order valence-corrected chi connectivity index (χ1v) is 13.3. The van der Waals surface area contributed by atoms with Crippen LogP contribution >= 0.6 is 11.3 Å². The van der Waals surface area contributed by atoms with Gasteiger partial charge in [-0.1, -0.05) is 53.7 Å². The zero-order chi connectivity index (χ0) is 26.8.